The number of aromatic nitrogens is 3. The van der Waals surface area contributed by atoms with E-state index in [0.29, 0.717) is 46.8 Å². The molecule has 0 aliphatic heterocycles. The van der Waals surface area contributed by atoms with Crippen molar-refractivity contribution in [3.8, 4) is 17.0 Å². The number of hydrogen-bond donors (Lipinski definition) is 1. The second-order valence-electron chi connectivity index (χ2n) is 7.72. The number of carbonyl (C=O) groups excluding carboxylic acids is 2. The van der Waals surface area contributed by atoms with E-state index in [1.807, 2.05) is 44.2 Å². The highest BCUT2D eigenvalue weighted by molar-refractivity contribution is 6.08. The first kappa shape index (κ1) is 23.0. The maximum Gasteiger partial charge on any atom is 0.255 e. The molecular formula is C26H27N5O3. The summed E-state index contributed by atoms with van der Waals surface area (Å²) < 4.78 is 6.97. The SMILES string of the molecule is CCN(CC(=O)Nc1cccc(OC)c1)C(=O)c1cc(-c2ccccc2)nc2c1cnn2CC. The summed E-state index contributed by atoms with van der Waals surface area (Å²) in [7, 11) is 1.57. The van der Waals surface area contributed by atoms with Crippen LogP contribution in [0, 0.1) is 0 Å². The van der Waals surface area contributed by atoms with Crippen LogP contribution in [0.15, 0.2) is 66.9 Å². The van der Waals surface area contributed by atoms with Crippen LogP contribution in [0.1, 0.15) is 24.2 Å². The van der Waals surface area contributed by atoms with E-state index in [0.717, 1.165) is 5.56 Å². The fraction of sp³-hybridized carbons (Fsp3) is 0.231. The molecule has 0 unspecified atom stereocenters. The lowest BCUT2D eigenvalue weighted by atomic mass is 10.1. The number of nitrogens with one attached hydrogen (secondary N) is 1. The molecule has 8 heteroatoms. The lowest BCUT2D eigenvalue weighted by Crippen LogP contribution is -2.38. The van der Waals surface area contributed by atoms with Crippen molar-refractivity contribution in [3.05, 3.63) is 72.4 Å². The van der Waals surface area contributed by atoms with Crippen molar-refractivity contribution in [2.75, 3.05) is 25.5 Å². The van der Waals surface area contributed by atoms with Gasteiger partial charge in [-0.2, -0.15) is 5.10 Å². The maximum atomic E-state index is 13.6. The third kappa shape index (κ3) is 4.76. The summed E-state index contributed by atoms with van der Waals surface area (Å²) in [5.74, 6) is 0.103. The first-order valence-corrected chi connectivity index (χ1v) is 11.2. The Labute approximate surface area is 198 Å². The Bertz CT molecular complexity index is 1320. The number of carbonyl (C=O) groups is 2. The molecule has 34 heavy (non-hydrogen) atoms. The molecule has 0 saturated carbocycles. The van der Waals surface area contributed by atoms with Gasteiger partial charge in [-0.25, -0.2) is 9.67 Å². The van der Waals surface area contributed by atoms with E-state index in [-0.39, 0.29) is 18.4 Å². The average Bonchev–Trinajstić information content (AvgIpc) is 3.30. The zero-order chi connectivity index (χ0) is 24.1. The molecule has 4 aromatic rings. The molecule has 0 fully saturated rings. The molecule has 0 spiro atoms. The topological polar surface area (TPSA) is 89.3 Å². The molecule has 0 aliphatic carbocycles. The van der Waals surface area contributed by atoms with Gasteiger partial charge in [-0.1, -0.05) is 36.4 Å². The third-order valence-electron chi connectivity index (χ3n) is 5.57. The van der Waals surface area contributed by atoms with Gasteiger partial charge in [0.1, 0.15) is 12.3 Å². The number of rotatable bonds is 8. The molecule has 0 bridgehead atoms. The third-order valence-corrected chi connectivity index (χ3v) is 5.57. The molecule has 8 nitrogen and oxygen atoms in total. The molecule has 2 aromatic heterocycles. The van der Waals surface area contributed by atoms with Crippen LogP contribution in [0.3, 0.4) is 0 Å². The number of nitrogens with zero attached hydrogens (tertiary/aromatic N) is 4. The van der Waals surface area contributed by atoms with Gasteiger partial charge >= 0.3 is 0 Å². The number of amides is 2. The molecule has 0 radical (unpaired) electrons. The first-order chi connectivity index (χ1) is 16.5. The monoisotopic (exact) mass is 457 g/mol. The van der Waals surface area contributed by atoms with Gasteiger partial charge in [-0.05, 0) is 32.0 Å². The van der Waals surface area contributed by atoms with E-state index in [1.54, 1.807) is 48.3 Å². The summed E-state index contributed by atoms with van der Waals surface area (Å²) in [4.78, 5) is 32.7. The summed E-state index contributed by atoms with van der Waals surface area (Å²) in [6.45, 7) is 4.74. The zero-order valence-corrected chi connectivity index (χ0v) is 19.5. The lowest BCUT2D eigenvalue weighted by molar-refractivity contribution is -0.116. The van der Waals surface area contributed by atoms with Crippen molar-refractivity contribution >= 4 is 28.5 Å². The van der Waals surface area contributed by atoms with Crippen molar-refractivity contribution in [2.24, 2.45) is 0 Å². The number of aryl methyl sites for hydroxylation is 1. The second-order valence-corrected chi connectivity index (χ2v) is 7.72. The van der Waals surface area contributed by atoms with E-state index >= 15 is 0 Å². The van der Waals surface area contributed by atoms with Crippen molar-refractivity contribution in [1.29, 1.82) is 0 Å². The van der Waals surface area contributed by atoms with Gasteiger partial charge in [0.25, 0.3) is 5.91 Å². The van der Waals surface area contributed by atoms with Crippen LogP contribution in [-0.2, 0) is 11.3 Å². The number of anilines is 1. The smallest absolute Gasteiger partial charge is 0.255 e. The number of benzene rings is 2. The predicted molar refractivity (Wildman–Crippen MR) is 132 cm³/mol. The fourth-order valence-electron chi connectivity index (χ4n) is 3.79. The van der Waals surface area contributed by atoms with E-state index in [9.17, 15) is 9.59 Å². The zero-order valence-electron chi connectivity index (χ0n) is 19.5. The lowest BCUT2D eigenvalue weighted by Gasteiger charge is -2.21. The second kappa shape index (κ2) is 10.2. The van der Waals surface area contributed by atoms with Gasteiger partial charge in [0.15, 0.2) is 5.65 Å². The van der Waals surface area contributed by atoms with E-state index in [2.05, 4.69) is 10.4 Å². The summed E-state index contributed by atoms with van der Waals surface area (Å²) >= 11 is 0. The molecule has 2 aromatic carbocycles. The Morgan fingerprint density at radius 2 is 1.85 bits per heavy atom. The van der Waals surface area contributed by atoms with Gasteiger partial charge in [-0.15, -0.1) is 0 Å². The van der Waals surface area contributed by atoms with Crippen molar-refractivity contribution in [1.82, 2.24) is 19.7 Å². The number of fused-ring (bicyclic) bond motifs is 1. The molecule has 0 aliphatic rings. The number of pyridine rings is 1. The average molecular weight is 458 g/mol. The Morgan fingerprint density at radius 1 is 1.06 bits per heavy atom. The van der Waals surface area contributed by atoms with Gasteiger partial charge in [0, 0.05) is 30.4 Å². The van der Waals surface area contributed by atoms with Crippen LogP contribution in [0.5, 0.6) is 5.75 Å². The quantitative estimate of drug-likeness (QED) is 0.428. The maximum absolute atomic E-state index is 13.6. The van der Waals surface area contributed by atoms with Crippen LogP contribution < -0.4 is 10.1 Å². The molecule has 0 saturated heterocycles. The summed E-state index contributed by atoms with van der Waals surface area (Å²) in [6.07, 6.45) is 1.66. The summed E-state index contributed by atoms with van der Waals surface area (Å²) in [5.41, 5.74) is 3.31. The molecule has 1 N–H and O–H groups in total. The molecule has 174 valence electrons. The minimum Gasteiger partial charge on any atom is -0.497 e. The van der Waals surface area contributed by atoms with Crippen LogP contribution in [-0.4, -0.2) is 51.7 Å². The van der Waals surface area contributed by atoms with Gasteiger partial charge in [0.2, 0.25) is 5.91 Å². The minimum atomic E-state index is -0.290. The van der Waals surface area contributed by atoms with Crippen molar-refractivity contribution in [2.45, 2.75) is 20.4 Å². The fourth-order valence-corrected chi connectivity index (χ4v) is 3.79. The van der Waals surface area contributed by atoms with Crippen LogP contribution in [0.2, 0.25) is 0 Å². The number of ether oxygens (including phenoxy) is 1. The first-order valence-electron chi connectivity index (χ1n) is 11.2. The largest absolute Gasteiger partial charge is 0.497 e. The highest BCUT2D eigenvalue weighted by Crippen LogP contribution is 2.26. The van der Waals surface area contributed by atoms with Crippen molar-refractivity contribution in [3.63, 3.8) is 0 Å². The minimum absolute atomic E-state index is 0.0844. The number of methoxy groups -OCH3 is 1. The Balaban J connectivity index is 1.64. The highest BCUT2D eigenvalue weighted by Gasteiger charge is 2.23. The number of hydrogen-bond acceptors (Lipinski definition) is 5. The van der Waals surface area contributed by atoms with E-state index < -0.39 is 0 Å². The molecule has 4 rings (SSSR count). The molecule has 2 amide bonds. The Hall–Kier alpha value is -4.20. The van der Waals surface area contributed by atoms with Gasteiger partial charge in [0.05, 0.1) is 30.0 Å². The number of likely N-dealkylation sites (N-methyl/N-ethyl adjacent to an activating group) is 1. The van der Waals surface area contributed by atoms with Gasteiger partial charge in [-0.3, -0.25) is 9.59 Å². The van der Waals surface area contributed by atoms with E-state index in [4.69, 9.17) is 9.72 Å². The predicted octanol–water partition coefficient (Wildman–Crippen LogP) is 4.23. The van der Waals surface area contributed by atoms with Gasteiger partial charge < -0.3 is 15.0 Å². The highest BCUT2D eigenvalue weighted by atomic mass is 16.5. The molecule has 2 heterocycles. The Kier molecular flexibility index (Phi) is 6.87. The van der Waals surface area contributed by atoms with Crippen LogP contribution in [0.25, 0.3) is 22.3 Å². The molecular weight excluding hydrogens is 430 g/mol. The van der Waals surface area contributed by atoms with Crippen LogP contribution >= 0.6 is 0 Å². The summed E-state index contributed by atoms with van der Waals surface area (Å²) in [5, 5.41) is 7.90. The van der Waals surface area contributed by atoms with Crippen molar-refractivity contribution < 1.29 is 14.3 Å². The normalized spacial score (nSPS) is 10.8. The Morgan fingerprint density at radius 3 is 2.56 bits per heavy atom. The standard InChI is InChI=1S/C26H27N5O3/c1-4-30(17-24(32)28-19-12-9-13-20(14-19)34-3)26(33)21-15-23(18-10-7-6-8-11-18)29-25-22(21)16-27-31(25)5-2/h6-16H,4-5,17H2,1-3H3,(H,28,32). The van der Waals surface area contributed by atoms with Crippen LogP contribution in [0.4, 0.5) is 5.69 Å². The molecule has 0 atom stereocenters. The summed E-state index contributed by atoms with van der Waals surface area (Å²) in [6, 6.07) is 18.6. The van der Waals surface area contributed by atoms with E-state index in [1.165, 1.54) is 4.90 Å².